The van der Waals surface area contributed by atoms with Crippen molar-refractivity contribution in [1.82, 2.24) is 0 Å². The quantitative estimate of drug-likeness (QED) is 0.198. The first kappa shape index (κ1) is 29.4. The number of carboxylic acids is 1. The Morgan fingerprint density at radius 3 is 2.51 bits per heavy atom. The molecule has 0 spiro atoms. The SMILES string of the molecule is CCCCC12OC(C)(CCC/C(C)=C/CC/C(C)=C/CCC(C)C(=O)O)CCC1=C=CC(C)=C2C. The van der Waals surface area contributed by atoms with Crippen molar-refractivity contribution in [1.29, 1.82) is 0 Å². The summed E-state index contributed by atoms with van der Waals surface area (Å²) in [6.45, 7) is 15.3. The summed E-state index contributed by atoms with van der Waals surface area (Å²) in [5.74, 6) is -0.966. The zero-order chi connectivity index (χ0) is 26.1. The summed E-state index contributed by atoms with van der Waals surface area (Å²) < 4.78 is 7.07. The van der Waals surface area contributed by atoms with Crippen LogP contribution in [0.15, 0.2) is 51.8 Å². The van der Waals surface area contributed by atoms with Gasteiger partial charge in [0, 0.05) is 5.57 Å². The lowest BCUT2D eigenvalue weighted by atomic mass is 9.71. The summed E-state index contributed by atoms with van der Waals surface area (Å²) in [5.41, 5.74) is 10.2. The van der Waals surface area contributed by atoms with Crippen molar-refractivity contribution in [3.05, 3.63) is 51.8 Å². The molecule has 0 aromatic rings. The molecule has 1 N–H and O–H groups in total. The van der Waals surface area contributed by atoms with Gasteiger partial charge in [-0.05, 0) is 116 Å². The number of unbranched alkanes of at least 4 members (excludes halogenated alkanes) is 1. The molecule has 3 heteroatoms. The average Bonchev–Trinajstić information content (AvgIpc) is 2.80. The molecule has 0 amide bonds. The molecule has 3 nitrogen and oxygen atoms in total. The molecule has 1 aliphatic carbocycles. The lowest BCUT2D eigenvalue weighted by molar-refractivity contribution is -0.144. The summed E-state index contributed by atoms with van der Waals surface area (Å²) in [5, 5.41) is 9.00. The van der Waals surface area contributed by atoms with Crippen molar-refractivity contribution in [2.75, 3.05) is 0 Å². The van der Waals surface area contributed by atoms with Crippen LogP contribution in [0, 0.1) is 5.92 Å². The van der Waals surface area contributed by atoms with E-state index in [1.165, 1.54) is 40.7 Å². The number of carboxylic acid groups (broad SMARTS) is 1. The van der Waals surface area contributed by atoms with Crippen LogP contribution in [0.2, 0.25) is 0 Å². The number of fused-ring (bicyclic) bond motifs is 1. The lowest BCUT2D eigenvalue weighted by Crippen LogP contribution is -2.50. The summed E-state index contributed by atoms with van der Waals surface area (Å²) in [6.07, 6.45) is 19.4. The van der Waals surface area contributed by atoms with Crippen molar-refractivity contribution in [2.24, 2.45) is 5.92 Å². The Morgan fingerprint density at radius 2 is 1.83 bits per heavy atom. The van der Waals surface area contributed by atoms with E-state index in [2.05, 4.69) is 65.5 Å². The number of aliphatic carboxylic acids is 1. The third kappa shape index (κ3) is 8.36. The minimum absolute atomic E-state index is 0.0789. The first-order chi connectivity index (χ1) is 16.5. The third-order valence-electron chi connectivity index (χ3n) is 8.18. The predicted octanol–water partition coefficient (Wildman–Crippen LogP) is 9.26. The van der Waals surface area contributed by atoms with Crippen LogP contribution in [0.3, 0.4) is 0 Å². The molecule has 1 fully saturated rings. The summed E-state index contributed by atoms with van der Waals surface area (Å²) >= 11 is 0. The number of allylic oxidation sites excluding steroid dienone is 5. The molecule has 3 atom stereocenters. The highest BCUT2D eigenvalue weighted by Crippen LogP contribution is 2.49. The van der Waals surface area contributed by atoms with E-state index >= 15 is 0 Å². The molecule has 2 aliphatic rings. The standard InChI is InChI=1S/C32H50O3/c1-8-9-22-32-28(6)26(4)18-19-29(32)20-23-31(7,35-32)21-12-16-25(3)14-10-13-24(2)15-11-17-27(5)30(33)34/h14-15,18,27H,8-13,16-17,20-23H2,1-7H3,(H,33,34)/b24-15+,25-14+. The second kappa shape index (κ2) is 13.5. The van der Waals surface area contributed by atoms with E-state index in [9.17, 15) is 4.79 Å². The lowest BCUT2D eigenvalue weighted by Gasteiger charge is -2.50. The zero-order valence-corrected chi connectivity index (χ0v) is 23.6. The Labute approximate surface area is 215 Å². The number of hydrogen-bond acceptors (Lipinski definition) is 2. The van der Waals surface area contributed by atoms with Gasteiger partial charge in [-0.1, -0.05) is 50.0 Å². The minimum Gasteiger partial charge on any atom is -0.481 e. The molecule has 0 aromatic carbocycles. The van der Waals surface area contributed by atoms with Gasteiger partial charge in [-0.25, -0.2) is 0 Å². The molecule has 35 heavy (non-hydrogen) atoms. The molecule has 1 saturated heterocycles. The van der Waals surface area contributed by atoms with Gasteiger partial charge in [-0.15, -0.1) is 5.73 Å². The van der Waals surface area contributed by atoms with Crippen LogP contribution < -0.4 is 0 Å². The van der Waals surface area contributed by atoms with E-state index in [0.717, 1.165) is 57.8 Å². The molecule has 0 radical (unpaired) electrons. The fraction of sp³-hybridized carbons (Fsp3) is 0.688. The Morgan fingerprint density at radius 1 is 1.14 bits per heavy atom. The van der Waals surface area contributed by atoms with Crippen molar-refractivity contribution in [2.45, 2.75) is 137 Å². The van der Waals surface area contributed by atoms with E-state index in [1.807, 2.05) is 0 Å². The molecular formula is C32H50O3. The Hall–Kier alpha value is -1.83. The molecular weight excluding hydrogens is 432 g/mol. The second-order valence-electron chi connectivity index (χ2n) is 11.4. The molecule has 1 aliphatic heterocycles. The van der Waals surface area contributed by atoms with Gasteiger partial charge in [0.2, 0.25) is 0 Å². The molecule has 1 heterocycles. The summed E-state index contributed by atoms with van der Waals surface area (Å²) in [6, 6.07) is 0. The van der Waals surface area contributed by atoms with Gasteiger partial charge in [0.25, 0.3) is 0 Å². The highest BCUT2D eigenvalue weighted by molar-refractivity contribution is 5.69. The monoisotopic (exact) mass is 482 g/mol. The average molecular weight is 483 g/mol. The fourth-order valence-electron chi connectivity index (χ4n) is 5.42. The third-order valence-corrected chi connectivity index (χ3v) is 8.18. The van der Waals surface area contributed by atoms with Crippen molar-refractivity contribution in [3.63, 3.8) is 0 Å². The maximum absolute atomic E-state index is 10.9. The number of hydrogen-bond donors (Lipinski definition) is 1. The van der Waals surface area contributed by atoms with Crippen LogP contribution in [0.5, 0.6) is 0 Å². The van der Waals surface area contributed by atoms with E-state index in [-0.39, 0.29) is 17.1 Å². The van der Waals surface area contributed by atoms with Crippen molar-refractivity contribution >= 4 is 5.97 Å². The molecule has 0 saturated carbocycles. The maximum atomic E-state index is 10.9. The van der Waals surface area contributed by atoms with Crippen LogP contribution in [-0.4, -0.2) is 22.3 Å². The minimum atomic E-state index is -0.701. The summed E-state index contributed by atoms with van der Waals surface area (Å²) in [7, 11) is 0. The van der Waals surface area contributed by atoms with Gasteiger partial charge in [0.1, 0.15) is 5.60 Å². The topological polar surface area (TPSA) is 46.5 Å². The van der Waals surface area contributed by atoms with Crippen molar-refractivity contribution in [3.8, 4) is 0 Å². The largest absolute Gasteiger partial charge is 0.481 e. The Bertz CT molecular complexity index is 896. The van der Waals surface area contributed by atoms with Gasteiger partial charge in [-0.3, -0.25) is 4.79 Å². The summed E-state index contributed by atoms with van der Waals surface area (Å²) in [4.78, 5) is 10.9. The number of carbonyl (C=O) groups is 1. The van der Waals surface area contributed by atoms with Crippen LogP contribution >= 0.6 is 0 Å². The molecule has 0 aromatic heterocycles. The van der Waals surface area contributed by atoms with Gasteiger partial charge in [-0.2, -0.15) is 0 Å². The first-order valence-corrected chi connectivity index (χ1v) is 13.9. The molecule has 0 bridgehead atoms. The molecule has 2 rings (SSSR count). The number of rotatable bonds is 14. The highest BCUT2D eigenvalue weighted by atomic mass is 16.5. The van der Waals surface area contributed by atoms with Crippen LogP contribution in [0.1, 0.15) is 126 Å². The normalized spacial score (nSPS) is 26.0. The van der Waals surface area contributed by atoms with Crippen molar-refractivity contribution < 1.29 is 14.6 Å². The van der Waals surface area contributed by atoms with Crippen LogP contribution in [0.25, 0.3) is 0 Å². The fourth-order valence-corrected chi connectivity index (χ4v) is 5.42. The second-order valence-corrected chi connectivity index (χ2v) is 11.4. The Kier molecular flexibility index (Phi) is 11.3. The predicted molar refractivity (Wildman–Crippen MR) is 148 cm³/mol. The van der Waals surface area contributed by atoms with E-state index in [4.69, 9.17) is 9.84 Å². The Balaban J connectivity index is 1.86. The molecule has 196 valence electrons. The van der Waals surface area contributed by atoms with E-state index in [0.29, 0.717) is 6.42 Å². The maximum Gasteiger partial charge on any atom is 0.306 e. The zero-order valence-electron chi connectivity index (χ0n) is 23.6. The van der Waals surface area contributed by atoms with E-state index < -0.39 is 5.97 Å². The number of ether oxygens (including phenoxy) is 1. The smallest absolute Gasteiger partial charge is 0.306 e. The first-order valence-electron chi connectivity index (χ1n) is 13.9. The highest BCUT2D eigenvalue weighted by Gasteiger charge is 2.48. The van der Waals surface area contributed by atoms with Gasteiger partial charge in [0.05, 0.1) is 11.5 Å². The van der Waals surface area contributed by atoms with Gasteiger partial charge in [0.15, 0.2) is 0 Å². The van der Waals surface area contributed by atoms with Crippen LogP contribution in [0.4, 0.5) is 0 Å². The van der Waals surface area contributed by atoms with Gasteiger partial charge >= 0.3 is 5.97 Å². The molecule has 3 unspecified atom stereocenters. The van der Waals surface area contributed by atoms with Gasteiger partial charge < -0.3 is 9.84 Å². The van der Waals surface area contributed by atoms with Crippen LogP contribution in [-0.2, 0) is 9.53 Å². The van der Waals surface area contributed by atoms with E-state index in [1.54, 1.807) is 6.92 Å².